The Bertz CT molecular complexity index is 872. The number of carbonyl (C=O) groups excluding carboxylic acids is 1. The monoisotopic (exact) mass is 367 g/mol. The summed E-state index contributed by atoms with van der Waals surface area (Å²) in [5.74, 6) is 0.109. The van der Waals surface area contributed by atoms with Crippen molar-refractivity contribution in [3.8, 4) is 0 Å². The summed E-state index contributed by atoms with van der Waals surface area (Å²) in [5.41, 5.74) is 3.12. The van der Waals surface area contributed by atoms with E-state index in [4.69, 9.17) is 4.98 Å². The van der Waals surface area contributed by atoms with E-state index in [1.54, 1.807) is 11.3 Å². The highest BCUT2D eigenvalue weighted by Gasteiger charge is 2.22. The summed E-state index contributed by atoms with van der Waals surface area (Å²) in [5, 5.41) is 1.04. The molecule has 0 unspecified atom stereocenters. The van der Waals surface area contributed by atoms with Crippen molar-refractivity contribution in [1.82, 2.24) is 9.88 Å². The summed E-state index contributed by atoms with van der Waals surface area (Å²) in [7, 11) is 1.99. The molecule has 0 fully saturated rings. The topological polar surface area (TPSA) is 36.4 Å². The van der Waals surface area contributed by atoms with Gasteiger partial charge in [-0.1, -0.05) is 30.3 Å². The molecule has 0 saturated heterocycles. The number of hydrogen-bond acceptors (Lipinski definition) is 4. The molecule has 0 aliphatic carbocycles. The first-order chi connectivity index (χ1) is 12.5. The minimum Gasteiger partial charge on any atom is -0.311 e. The van der Waals surface area contributed by atoms with E-state index in [2.05, 4.69) is 17.9 Å². The number of fused-ring (bicyclic) bond motifs is 1. The second-order valence-corrected chi connectivity index (χ2v) is 7.60. The number of anilines is 1. The normalized spacial score (nSPS) is 12.5. The lowest BCUT2D eigenvalue weighted by Crippen LogP contribution is -2.40. The summed E-state index contributed by atoms with van der Waals surface area (Å²) in [6.45, 7) is 7.18. The zero-order chi connectivity index (χ0) is 18.7. The highest BCUT2D eigenvalue weighted by Crippen LogP contribution is 2.29. The number of amides is 1. The predicted octanol–water partition coefficient (Wildman–Crippen LogP) is 4.65. The first kappa shape index (κ1) is 18.5. The number of para-hydroxylation sites is 2. The molecule has 26 heavy (non-hydrogen) atoms. The lowest BCUT2D eigenvalue weighted by molar-refractivity contribution is -0.119. The van der Waals surface area contributed by atoms with Gasteiger partial charge in [0.15, 0.2) is 0 Å². The maximum absolute atomic E-state index is 12.9. The van der Waals surface area contributed by atoms with Gasteiger partial charge in [0.2, 0.25) is 5.91 Å². The Morgan fingerprint density at radius 3 is 2.54 bits per heavy atom. The van der Waals surface area contributed by atoms with E-state index < -0.39 is 0 Å². The van der Waals surface area contributed by atoms with Crippen LogP contribution in [0.15, 0.2) is 48.5 Å². The van der Waals surface area contributed by atoms with Crippen molar-refractivity contribution in [2.24, 2.45) is 0 Å². The summed E-state index contributed by atoms with van der Waals surface area (Å²) in [6, 6.07) is 16.3. The SMILES string of the molecule is CCN(C(=O)CN(C)[C@@H](C)c1nc2ccccc2s1)c1ccccc1C. The molecule has 1 aromatic heterocycles. The van der Waals surface area contributed by atoms with Gasteiger partial charge >= 0.3 is 0 Å². The number of benzene rings is 2. The molecule has 3 aromatic rings. The van der Waals surface area contributed by atoms with Crippen molar-refractivity contribution in [3.05, 3.63) is 59.1 Å². The quantitative estimate of drug-likeness (QED) is 0.636. The molecular weight excluding hydrogens is 342 g/mol. The molecule has 0 saturated carbocycles. The lowest BCUT2D eigenvalue weighted by atomic mass is 10.1. The first-order valence-electron chi connectivity index (χ1n) is 8.93. The zero-order valence-electron chi connectivity index (χ0n) is 15.8. The average molecular weight is 368 g/mol. The molecule has 0 aliphatic rings. The van der Waals surface area contributed by atoms with Crippen LogP contribution in [0.1, 0.15) is 30.5 Å². The molecule has 1 heterocycles. The first-order valence-corrected chi connectivity index (χ1v) is 9.74. The third kappa shape index (κ3) is 3.79. The van der Waals surface area contributed by atoms with E-state index in [1.165, 1.54) is 4.70 Å². The molecule has 1 atom stereocenters. The minimum atomic E-state index is 0.0897. The zero-order valence-corrected chi connectivity index (χ0v) is 16.6. The molecule has 5 heteroatoms. The smallest absolute Gasteiger partial charge is 0.241 e. The number of aromatic nitrogens is 1. The Morgan fingerprint density at radius 1 is 1.15 bits per heavy atom. The van der Waals surface area contributed by atoms with Gasteiger partial charge < -0.3 is 4.90 Å². The van der Waals surface area contributed by atoms with Gasteiger partial charge in [0.25, 0.3) is 0 Å². The van der Waals surface area contributed by atoms with Crippen LogP contribution in [-0.4, -0.2) is 35.9 Å². The summed E-state index contributed by atoms with van der Waals surface area (Å²) >= 11 is 1.70. The molecule has 4 nitrogen and oxygen atoms in total. The van der Waals surface area contributed by atoms with Crippen LogP contribution >= 0.6 is 11.3 Å². The molecule has 0 radical (unpaired) electrons. The van der Waals surface area contributed by atoms with Gasteiger partial charge in [-0.15, -0.1) is 11.3 Å². The number of rotatable bonds is 6. The van der Waals surface area contributed by atoms with E-state index in [9.17, 15) is 4.79 Å². The molecule has 2 aromatic carbocycles. The Morgan fingerprint density at radius 2 is 1.85 bits per heavy atom. The summed E-state index contributed by atoms with van der Waals surface area (Å²) in [6.07, 6.45) is 0. The maximum atomic E-state index is 12.9. The van der Waals surface area contributed by atoms with Gasteiger partial charge in [0.1, 0.15) is 5.01 Å². The van der Waals surface area contributed by atoms with Gasteiger partial charge in [-0.05, 0) is 51.6 Å². The molecule has 1 amide bonds. The number of carbonyl (C=O) groups is 1. The number of aryl methyl sites for hydroxylation is 1. The van der Waals surface area contributed by atoms with Crippen LogP contribution in [0.4, 0.5) is 5.69 Å². The minimum absolute atomic E-state index is 0.0897. The van der Waals surface area contributed by atoms with E-state index >= 15 is 0 Å². The van der Waals surface area contributed by atoms with Gasteiger partial charge in [-0.25, -0.2) is 4.98 Å². The molecular formula is C21H25N3OS. The van der Waals surface area contributed by atoms with Crippen LogP contribution in [0, 0.1) is 6.92 Å². The van der Waals surface area contributed by atoms with Crippen LogP contribution in [-0.2, 0) is 4.79 Å². The fourth-order valence-electron chi connectivity index (χ4n) is 3.04. The number of likely N-dealkylation sites (N-methyl/N-ethyl adjacent to an activating group) is 2. The van der Waals surface area contributed by atoms with Crippen molar-refractivity contribution >= 4 is 33.1 Å². The lowest BCUT2D eigenvalue weighted by Gasteiger charge is -2.28. The highest BCUT2D eigenvalue weighted by atomic mass is 32.1. The third-order valence-electron chi connectivity index (χ3n) is 4.74. The van der Waals surface area contributed by atoms with E-state index in [0.717, 1.165) is 21.8 Å². The maximum Gasteiger partial charge on any atom is 0.241 e. The number of hydrogen-bond donors (Lipinski definition) is 0. The molecule has 0 bridgehead atoms. The van der Waals surface area contributed by atoms with E-state index in [0.29, 0.717) is 13.1 Å². The Kier molecular flexibility index (Phi) is 5.69. The fraction of sp³-hybridized carbons (Fsp3) is 0.333. The molecule has 0 aliphatic heterocycles. The van der Waals surface area contributed by atoms with Crippen LogP contribution in [0.25, 0.3) is 10.2 Å². The second-order valence-electron chi connectivity index (χ2n) is 6.54. The number of nitrogens with zero attached hydrogens (tertiary/aromatic N) is 3. The van der Waals surface area contributed by atoms with Crippen LogP contribution in [0.5, 0.6) is 0 Å². The van der Waals surface area contributed by atoms with Gasteiger partial charge in [-0.2, -0.15) is 0 Å². The van der Waals surface area contributed by atoms with Crippen LogP contribution in [0.3, 0.4) is 0 Å². The summed E-state index contributed by atoms with van der Waals surface area (Å²) in [4.78, 5) is 21.6. The molecule has 0 N–H and O–H groups in total. The van der Waals surface area contributed by atoms with E-state index in [-0.39, 0.29) is 11.9 Å². The van der Waals surface area contributed by atoms with Gasteiger partial charge in [0, 0.05) is 12.2 Å². The van der Waals surface area contributed by atoms with Gasteiger partial charge in [-0.3, -0.25) is 9.69 Å². The summed E-state index contributed by atoms with van der Waals surface area (Å²) < 4.78 is 1.18. The van der Waals surface area contributed by atoms with Gasteiger partial charge in [0.05, 0.1) is 22.8 Å². The van der Waals surface area contributed by atoms with Crippen molar-refractivity contribution in [2.75, 3.05) is 25.0 Å². The van der Waals surface area contributed by atoms with Crippen molar-refractivity contribution < 1.29 is 4.79 Å². The van der Waals surface area contributed by atoms with Crippen molar-refractivity contribution in [1.29, 1.82) is 0 Å². The molecule has 136 valence electrons. The Hall–Kier alpha value is -2.24. The van der Waals surface area contributed by atoms with Crippen LogP contribution in [0.2, 0.25) is 0 Å². The average Bonchev–Trinajstić information content (AvgIpc) is 3.07. The molecule has 3 rings (SSSR count). The Balaban J connectivity index is 1.74. The van der Waals surface area contributed by atoms with Crippen molar-refractivity contribution in [3.63, 3.8) is 0 Å². The largest absolute Gasteiger partial charge is 0.311 e. The second kappa shape index (κ2) is 7.98. The van der Waals surface area contributed by atoms with E-state index in [1.807, 2.05) is 68.3 Å². The highest BCUT2D eigenvalue weighted by molar-refractivity contribution is 7.18. The Labute approximate surface area is 159 Å². The number of thiazole rings is 1. The predicted molar refractivity (Wildman–Crippen MR) is 110 cm³/mol. The van der Waals surface area contributed by atoms with Crippen LogP contribution < -0.4 is 4.90 Å². The fourth-order valence-corrected chi connectivity index (χ4v) is 4.12. The third-order valence-corrected chi connectivity index (χ3v) is 5.94. The molecule has 0 spiro atoms. The standard InChI is InChI=1S/C21H25N3OS/c1-5-24(18-12-8-6-10-15(18)2)20(25)14-23(4)16(3)21-22-17-11-7-9-13-19(17)26-21/h6-13,16H,5,14H2,1-4H3/t16-/m0/s1. The van der Waals surface area contributed by atoms with Crippen molar-refractivity contribution in [2.45, 2.75) is 26.8 Å².